The van der Waals surface area contributed by atoms with Gasteiger partial charge in [-0.1, -0.05) is 26.8 Å². The first-order chi connectivity index (χ1) is 17.8. The third-order valence-corrected chi connectivity index (χ3v) is 9.69. The zero-order valence-electron chi connectivity index (χ0n) is 24.1. The lowest BCUT2D eigenvalue weighted by Crippen LogP contribution is -2.70. The molecule has 3 saturated carbocycles. The molecule has 0 aromatic rings. The van der Waals surface area contributed by atoms with Crippen LogP contribution in [-0.4, -0.2) is 51.5 Å². The minimum Gasteiger partial charge on any atom is -0.449 e. The molecule has 0 radical (unpaired) electrons. The van der Waals surface area contributed by atoms with Crippen molar-refractivity contribution in [1.82, 2.24) is 0 Å². The van der Waals surface area contributed by atoms with Crippen LogP contribution >= 0.6 is 11.8 Å². The van der Waals surface area contributed by atoms with Crippen molar-refractivity contribution in [3.8, 4) is 0 Å². The number of hydrogen-bond donors (Lipinski definition) is 1. The molecule has 188 valence electrons. The fraction of sp³-hybridized carbons (Fsp3) is 0.720. The minimum absolute atomic E-state index is 0.0350. The molecule has 0 saturated heterocycles. The number of rotatable bonds is 4. The van der Waals surface area contributed by atoms with Crippen molar-refractivity contribution in [1.29, 1.82) is 0 Å². The molecule has 34 heavy (non-hydrogen) atoms. The lowest BCUT2D eigenvalue weighted by atomic mass is 9.44. The zero-order valence-corrected chi connectivity index (χ0v) is 19.9. The Balaban J connectivity index is 1.87. The molecule has 0 heterocycles. The van der Waals surface area contributed by atoms with E-state index in [9.17, 15) is 23.9 Å². The van der Waals surface area contributed by atoms with Gasteiger partial charge in [-0.05, 0) is 61.6 Å². The van der Waals surface area contributed by atoms with Crippen molar-refractivity contribution < 1.29 is 44.3 Å². The summed E-state index contributed by atoms with van der Waals surface area (Å²) < 4.78 is 90.0. The van der Waals surface area contributed by atoms with Crippen molar-refractivity contribution >= 4 is 28.6 Å². The summed E-state index contributed by atoms with van der Waals surface area (Å²) in [6.45, 7) is 0.830. The van der Waals surface area contributed by atoms with Crippen molar-refractivity contribution in [2.24, 2.45) is 28.6 Å². The molecule has 1 unspecified atom stereocenters. The van der Waals surface area contributed by atoms with Crippen molar-refractivity contribution in [2.75, 3.05) is 6.01 Å². The van der Waals surface area contributed by atoms with E-state index in [-0.39, 0.29) is 23.8 Å². The van der Waals surface area contributed by atoms with Crippen LogP contribution in [0.4, 0.5) is 13.2 Å². The standard InChI is InChI=1S/C25H31F3O5S/c1-5-20(31)33-25(21(32)34-12-26)13(2)8-15-16-10-18(27)17-9-14(29)6-7-22(17,3)24(16,28)19(30)11-23(15,25)4/h6-7,9,13,15-16,18-19,30H,5,8,10-12H2,1-4H3/t13-,15+,16+,18+,19+,22+,23+,24?,25-/m1/s1/i1D3,5D2. The molecule has 4 rings (SSSR count). The van der Waals surface area contributed by atoms with Crippen molar-refractivity contribution in [3.63, 3.8) is 0 Å². The predicted octanol–water partition coefficient (Wildman–Crippen LogP) is 4.43. The topological polar surface area (TPSA) is 80.7 Å². The number of carbonyl (C=O) groups excluding carboxylic acids is 3. The molecular weight excluding hydrogens is 469 g/mol. The van der Waals surface area contributed by atoms with Crippen molar-refractivity contribution in [3.05, 3.63) is 23.8 Å². The molecule has 0 bridgehead atoms. The fourth-order valence-electron chi connectivity index (χ4n) is 7.55. The lowest BCUT2D eigenvalue weighted by Gasteiger charge is -2.63. The quantitative estimate of drug-likeness (QED) is 0.570. The van der Waals surface area contributed by atoms with Gasteiger partial charge in [0.05, 0.1) is 6.10 Å². The second kappa shape index (κ2) is 8.22. The Kier molecular flexibility index (Phi) is 4.73. The third kappa shape index (κ3) is 3.01. The summed E-state index contributed by atoms with van der Waals surface area (Å²) in [6, 6.07) is -1.24. The average molecular weight is 506 g/mol. The second-order valence-corrected chi connectivity index (χ2v) is 11.2. The molecule has 0 amide bonds. The highest BCUT2D eigenvalue weighted by Gasteiger charge is 2.78. The number of ether oxygens (including phenoxy) is 1. The molecule has 3 fully saturated rings. The lowest BCUT2D eigenvalue weighted by molar-refractivity contribution is -0.228. The van der Waals surface area contributed by atoms with E-state index in [1.165, 1.54) is 26.8 Å². The van der Waals surface area contributed by atoms with E-state index in [0.717, 1.165) is 12.2 Å². The van der Waals surface area contributed by atoms with E-state index in [1.807, 2.05) is 0 Å². The number of hydrogen-bond acceptors (Lipinski definition) is 6. The van der Waals surface area contributed by atoms with Gasteiger partial charge in [0.15, 0.2) is 17.1 Å². The van der Waals surface area contributed by atoms with Crippen LogP contribution in [-0.2, 0) is 19.1 Å². The van der Waals surface area contributed by atoms with Gasteiger partial charge >= 0.3 is 5.97 Å². The number of thioether (sulfide) groups is 1. The van der Waals surface area contributed by atoms with Gasteiger partial charge in [0, 0.05) is 35.9 Å². The highest BCUT2D eigenvalue weighted by atomic mass is 32.2. The van der Waals surface area contributed by atoms with E-state index in [1.54, 1.807) is 0 Å². The number of halogens is 3. The van der Waals surface area contributed by atoms with Crippen molar-refractivity contribution in [2.45, 2.75) is 76.8 Å². The number of aliphatic hydroxyl groups is 1. The summed E-state index contributed by atoms with van der Waals surface area (Å²) in [5.74, 6) is -5.53. The van der Waals surface area contributed by atoms with E-state index in [0.29, 0.717) is 0 Å². The Bertz CT molecular complexity index is 1160. The third-order valence-electron chi connectivity index (χ3n) is 9.01. The second-order valence-electron chi connectivity index (χ2n) is 10.3. The molecule has 0 aromatic carbocycles. The van der Waals surface area contributed by atoms with Gasteiger partial charge in [-0.3, -0.25) is 14.4 Å². The largest absolute Gasteiger partial charge is 0.449 e. The van der Waals surface area contributed by atoms with Crippen LogP contribution in [0.3, 0.4) is 0 Å². The molecule has 4 aliphatic carbocycles. The molecule has 5 nitrogen and oxygen atoms in total. The highest BCUT2D eigenvalue weighted by Crippen LogP contribution is 2.72. The summed E-state index contributed by atoms with van der Waals surface area (Å²) in [4.78, 5) is 38.6. The van der Waals surface area contributed by atoms with E-state index in [2.05, 4.69) is 0 Å². The molecule has 9 heteroatoms. The van der Waals surface area contributed by atoms with E-state index < -0.39 is 101 Å². The summed E-state index contributed by atoms with van der Waals surface area (Å²) >= 11 is 0.140. The maximum atomic E-state index is 17.4. The fourth-order valence-corrected chi connectivity index (χ4v) is 8.34. The molecule has 4 aliphatic rings. The van der Waals surface area contributed by atoms with E-state index in [4.69, 9.17) is 11.6 Å². The van der Waals surface area contributed by atoms with Gasteiger partial charge in [-0.25, -0.2) is 13.2 Å². The van der Waals surface area contributed by atoms with Gasteiger partial charge in [0.2, 0.25) is 5.12 Å². The van der Waals surface area contributed by atoms with Crippen LogP contribution in [0.2, 0.25) is 0 Å². The monoisotopic (exact) mass is 505 g/mol. The number of fused-ring (bicyclic) bond motifs is 5. The minimum atomic E-state index is -3.53. The first kappa shape index (κ1) is 19.6. The first-order valence-electron chi connectivity index (χ1n) is 13.7. The van der Waals surface area contributed by atoms with Gasteiger partial charge in [0.1, 0.15) is 12.2 Å². The number of alkyl halides is 3. The molecular formula is C25H31F3O5S. The van der Waals surface area contributed by atoms with Crippen LogP contribution in [0, 0.1) is 28.6 Å². The molecule has 0 aromatic heterocycles. The highest BCUT2D eigenvalue weighted by molar-refractivity contribution is 8.13. The number of aliphatic hydroxyl groups excluding tert-OH is 1. The smallest absolute Gasteiger partial charge is 0.306 e. The number of ketones is 1. The Labute approximate surface area is 208 Å². The van der Waals surface area contributed by atoms with Gasteiger partial charge in [-0.15, -0.1) is 0 Å². The molecule has 9 atom stereocenters. The Morgan fingerprint density at radius 3 is 2.71 bits per heavy atom. The normalized spacial score (nSPS) is 50.3. The Morgan fingerprint density at radius 1 is 1.35 bits per heavy atom. The summed E-state index contributed by atoms with van der Waals surface area (Å²) in [7, 11) is 0. The van der Waals surface area contributed by atoms with Gasteiger partial charge < -0.3 is 9.84 Å². The van der Waals surface area contributed by atoms with Gasteiger partial charge in [-0.2, -0.15) is 0 Å². The molecule has 0 spiro atoms. The SMILES string of the molecule is [2H]C([2H])([2H])C([2H])([2H])C(=O)O[C@@]1(C(=O)SCF)[C@H](C)C[C@H]2[C@@H]3C[C@H](F)C4=CC(=O)C=C[C@]4(C)C3(F)[C@@H](O)C[C@@]21C. The summed E-state index contributed by atoms with van der Waals surface area (Å²) in [5.41, 5.74) is -8.28. The predicted molar refractivity (Wildman–Crippen MR) is 121 cm³/mol. The van der Waals surface area contributed by atoms with E-state index >= 15 is 8.78 Å². The van der Waals surface area contributed by atoms with Crippen LogP contribution in [0.1, 0.15) is 60.1 Å². The van der Waals surface area contributed by atoms with Crippen LogP contribution in [0.25, 0.3) is 0 Å². The summed E-state index contributed by atoms with van der Waals surface area (Å²) in [5, 5.41) is 10.4. The number of allylic oxidation sites excluding steroid dienone is 4. The zero-order chi connectivity index (χ0) is 29.6. The average Bonchev–Trinajstić information content (AvgIpc) is 3.03. The van der Waals surface area contributed by atoms with Crippen LogP contribution in [0.5, 0.6) is 0 Å². The Morgan fingerprint density at radius 2 is 2.06 bits per heavy atom. The van der Waals surface area contributed by atoms with Gasteiger partial charge in [0.25, 0.3) is 0 Å². The molecule has 0 aliphatic heterocycles. The summed E-state index contributed by atoms with van der Waals surface area (Å²) in [6.07, 6.45) is -4.77. The maximum Gasteiger partial charge on any atom is 0.306 e. The maximum absolute atomic E-state index is 17.4. The first-order valence-corrected chi connectivity index (χ1v) is 12.2. The molecule has 1 N–H and O–H groups in total. The van der Waals surface area contributed by atoms with Crippen LogP contribution < -0.4 is 0 Å². The Hall–Kier alpha value is -1.61. The van der Waals surface area contributed by atoms with Crippen LogP contribution in [0.15, 0.2) is 23.8 Å². The number of carbonyl (C=O) groups is 3. The number of esters is 1.